The summed E-state index contributed by atoms with van der Waals surface area (Å²) in [5, 5.41) is -0.0130. The van der Waals surface area contributed by atoms with Gasteiger partial charge in [-0.2, -0.15) is 8.42 Å². The molecule has 10 heteroatoms. The lowest BCUT2D eigenvalue weighted by Crippen LogP contribution is -2.29. The smallest absolute Gasteiger partial charge is 0.284 e. The highest BCUT2D eigenvalue weighted by molar-refractivity contribution is 8.19. The van der Waals surface area contributed by atoms with Gasteiger partial charge in [0.15, 0.2) is 16.7 Å². The maximum absolute atomic E-state index is 13.1. The Bertz CT molecular complexity index is 1170. The van der Waals surface area contributed by atoms with E-state index in [-0.39, 0.29) is 21.5 Å². The summed E-state index contributed by atoms with van der Waals surface area (Å²) >= 11 is 0.924. The molecule has 2 aromatic rings. The average Bonchev–Trinajstić information content (AvgIpc) is 3.02. The molecule has 7 nitrogen and oxygen atoms in total. The van der Waals surface area contributed by atoms with Crippen molar-refractivity contribution in [2.75, 3.05) is 20.8 Å². The molecule has 0 spiro atoms. The Morgan fingerprint density at radius 3 is 2.42 bits per heavy atom. The Balaban J connectivity index is 1.99. The highest BCUT2D eigenvalue weighted by atomic mass is 32.2. The van der Waals surface area contributed by atoms with Crippen LogP contribution in [0.2, 0.25) is 0 Å². The first-order valence-corrected chi connectivity index (χ1v) is 11.2. The van der Waals surface area contributed by atoms with Gasteiger partial charge in [-0.25, -0.2) is 4.39 Å². The fourth-order valence-corrected chi connectivity index (χ4v) is 4.91. The molecule has 1 heterocycles. The molecule has 0 N–H and O–H groups in total. The highest BCUT2D eigenvalue weighted by Gasteiger charge is 2.34. The van der Waals surface area contributed by atoms with Crippen LogP contribution in [0.15, 0.2) is 69.3 Å². The van der Waals surface area contributed by atoms with Crippen molar-refractivity contribution >= 4 is 38.9 Å². The number of ether oxygens (including phenoxy) is 2. The number of benzene rings is 2. The molecule has 1 amide bonds. The number of carbonyl (C=O) groups is 1. The third-order valence-electron chi connectivity index (χ3n) is 4.21. The zero-order valence-corrected chi connectivity index (χ0v) is 18.4. The predicted molar refractivity (Wildman–Crippen MR) is 118 cm³/mol. The molecule has 2 aromatic carbocycles. The monoisotopic (exact) mass is 462 g/mol. The van der Waals surface area contributed by atoms with Gasteiger partial charge in [0, 0.05) is 6.54 Å². The van der Waals surface area contributed by atoms with Crippen LogP contribution < -0.4 is 9.47 Å². The van der Waals surface area contributed by atoms with Gasteiger partial charge in [-0.1, -0.05) is 12.1 Å². The van der Waals surface area contributed by atoms with Crippen molar-refractivity contribution in [2.24, 2.45) is 4.40 Å². The Kier molecular flexibility index (Phi) is 6.81. The number of carbonyl (C=O) groups excluding carboxylic acids is 1. The van der Waals surface area contributed by atoms with Crippen LogP contribution in [0.25, 0.3) is 6.08 Å². The molecule has 0 aromatic heterocycles. The number of sulfonamides is 1. The van der Waals surface area contributed by atoms with Crippen LogP contribution in [0, 0.1) is 5.82 Å². The summed E-state index contributed by atoms with van der Waals surface area (Å²) in [6.07, 6.45) is 3.08. The van der Waals surface area contributed by atoms with Gasteiger partial charge in [-0.3, -0.25) is 9.69 Å². The number of thioether (sulfide) groups is 1. The molecule has 0 radical (unpaired) electrons. The normalized spacial score (nSPS) is 16.7. The zero-order chi connectivity index (χ0) is 22.6. The molecular weight excluding hydrogens is 443 g/mol. The van der Waals surface area contributed by atoms with E-state index in [0.29, 0.717) is 17.1 Å². The van der Waals surface area contributed by atoms with Gasteiger partial charge in [-0.05, 0) is 59.8 Å². The summed E-state index contributed by atoms with van der Waals surface area (Å²) in [5.74, 6) is 0.0530. The molecule has 0 atom stereocenters. The molecule has 0 unspecified atom stereocenters. The van der Waals surface area contributed by atoms with Crippen molar-refractivity contribution in [3.05, 3.63) is 71.4 Å². The fourth-order valence-electron chi connectivity index (χ4n) is 2.72. The number of nitrogens with zero attached hydrogens (tertiary/aromatic N) is 2. The van der Waals surface area contributed by atoms with E-state index < -0.39 is 21.7 Å². The van der Waals surface area contributed by atoms with E-state index in [1.807, 2.05) is 0 Å². The van der Waals surface area contributed by atoms with Crippen LogP contribution in [-0.4, -0.2) is 45.2 Å². The lowest BCUT2D eigenvalue weighted by Gasteiger charge is -2.12. The molecule has 1 saturated heterocycles. The second-order valence-electron chi connectivity index (χ2n) is 6.23. The summed E-state index contributed by atoms with van der Waals surface area (Å²) in [4.78, 5) is 14.2. The molecule has 31 heavy (non-hydrogen) atoms. The third-order valence-corrected chi connectivity index (χ3v) is 6.62. The van der Waals surface area contributed by atoms with Gasteiger partial charge in [0.1, 0.15) is 5.82 Å². The second kappa shape index (κ2) is 9.36. The van der Waals surface area contributed by atoms with E-state index in [4.69, 9.17) is 9.47 Å². The van der Waals surface area contributed by atoms with Crippen LogP contribution in [0.3, 0.4) is 0 Å². The van der Waals surface area contributed by atoms with Gasteiger partial charge in [0.2, 0.25) is 0 Å². The Morgan fingerprint density at radius 1 is 1.13 bits per heavy atom. The van der Waals surface area contributed by atoms with Gasteiger partial charge < -0.3 is 9.47 Å². The van der Waals surface area contributed by atoms with Gasteiger partial charge in [-0.15, -0.1) is 11.0 Å². The molecule has 0 saturated carbocycles. The summed E-state index contributed by atoms with van der Waals surface area (Å²) < 4.78 is 52.7. The molecule has 0 aliphatic carbocycles. The second-order valence-corrected chi connectivity index (χ2v) is 8.85. The summed E-state index contributed by atoms with van der Waals surface area (Å²) in [6, 6.07) is 9.44. The summed E-state index contributed by atoms with van der Waals surface area (Å²) in [6.45, 7) is 3.69. The number of methoxy groups -OCH3 is 2. The standard InChI is InChI=1S/C21H19FN2O5S2/c1-4-11-24-20(25)19(13-14-5-10-17(28-2)18(12-14)29-3)30-21(24)23-31(26,27)16-8-6-15(22)7-9-16/h4-10,12-13H,1,11H2,2-3H3. The number of rotatable bonds is 7. The molecule has 1 fully saturated rings. The van der Waals surface area contributed by atoms with E-state index in [2.05, 4.69) is 11.0 Å². The van der Waals surface area contributed by atoms with Crippen molar-refractivity contribution in [3.63, 3.8) is 0 Å². The zero-order valence-electron chi connectivity index (χ0n) is 16.7. The van der Waals surface area contributed by atoms with Gasteiger partial charge in [0.05, 0.1) is 24.0 Å². The van der Waals surface area contributed by atoms with Crippen LogP contribution >= 0.6 is 11.8 Å². The van der Waals surface area contributed by atoms with Crippen molar-refractivity contribution < 1.29 is 27.1 Å². The van der Waals surface area contributed by atoms with Crippen molar-refractivity contribution in [1.82, 2.24) is 4.90 Å². The van der Waals surface area contributed by atoms with Crippen LogP contribution in [0.1, 0.15) is 5.56 Å². The van der Waals surface area contributed by atoms with Crippen molar-refractivity contribution in [1.29, 1.82) is 0 Å². The molecule has 0 bridgehead atoms. The first kappa shape index (κ1) is 22.6. The lowest BCUT2D eigenvalue weighted by atomic mass is 10.2. The van der Waals surface area contributed by atoms with E-state index in [1.54, 1.807) is 24.3 Å². The Hall–Kier alpha value is -3.11. The minimum atomic E-state index is -4.14. The summed E-state index contributed by atoms with van der Waals surface area (Å²) in [5.41, 5.74) is 0.662. The number of amidine groups is 1. The first-order valence-electron chi connectivity index (χ1n) is 8.94. The van der Waals surface area contributed by atoms with Crippen LogP contribution in [0.4, 0.5) is 4.39 Å². The minimum Gasteiger partial charge on any atom is -0.493 e. The van der Waals surface area contributed by atoms with Crippen molar-refractivity contribution in [3.8, 4) is 11.5 Å². The van der Waals surface area contributed by atoms with Crippen LogP contribution in [-0.2, 0) is 14.8 Å². The van der Waals surface area contributed by atoms with Crippen LogP contribution in [0.5, 0.6) is 11.5 Å². The molecule has 162 valence electrons. The lowest BCUT2D eigenvalue weighted by molar-refractivity contribution is -0.121. The largest absolute Gasteiger partial charge is 0.493 e. The fraction of sp³-hybridized carbons (Fsp3) is 0.143. The quantitative estimate of drug-likeness (QED) is 0.461. The molecule has 1 aliphatic heterocycles. The highest BCUT2D eigenvalue weighted by Crippen LogP contribution is 2.35. The van der Waals surface area contributed by atoms with E-state index in [1.165, 1.54) is 25.2 Å². The molecule has 3 rings (SSSR count). The maximum atomic E-state index is 13.1. The number of hydrogen-bond acceptors (Lipinski definition) is 6. The van der Waals surface area contributed by atoms with Crippen molar-refractivity contribution in [2.45, 2.75) is 4.90 Å². The number of amides is 1. The van der Waals surface area contributed by atoms with Gasteiger partial charge >= 0.3 is 0 Å². The van der Waals surface area contributed by atoms with E-state index in [9.17, 15) is 17.6 Å². The third kappa shape index (κ3) is 4.97. The number of halogens is 1. The Morgan fingerprint density at radius 2 is 1.81 bits per heavy atom. The van der Waals surface area contributed by atoms with E-state index >= 15 is 0 Å². The van der Waals surface area contributed by atoms with E-state index in [0.717, 1.165) is 36.0 Å². The topological polar surface area (TPSA) is 85.3 Å². The Labute approximate surface area is 183 Å². The number of hydrogen-bond donors (Lipinski definition) is 0. The minimum absolute atomic E-state index is 0.0130. The predicted octanol–water partition coefficient (Wildman–Crippen LogP) is 3.69. The van der Waals surface area contributed by atoms with Gasteiger partial charge in [0.25, 0.3) is 15.9 Å². The average molecular weight is 463 g/mol. The molecular formula is C21H19FN2O5S2. The maximum Gasteiger partial charge on any atom is 0.284 e. The summed E-state index contributed by atoms with van der Waals surface area (Å²) in [7, 11) is -1.12. The first-order chi connectivity index (χ1) is 14.8. The molecule has 1 aliphatic rings. The SMILES string of the molecule is C=CCN1C(=O)C(=Cc2ccc(OC)c(OC)c2)SC1=NS(=O)(=O)c1ccc(F)cc1.